The maximum atomic E-state index is 14.8. The number of anilines is 1. The van der Waals surface area contributed by atoms with Crippen LogP contribution in [0.2, 0.25) is 0 Å². The third-order valence-corrected chi connectivity index (χ3v) is 7.22. The molecule has 0 radical (unpaired) electrons. The van der Waals surface area contributed by atoms with Crippen molar-refractivity contribution in [3.8, 4) is 5.75 Å². The zero-order valence-corrected chi connectivity index (χ0v) is 20.6. The smallest absolute Gasteiger partial charge is 0.425 e. The van der Waals surface area contributed by atoms with E-state index >= 15 is 0 Å². The molecule has 0 spiro atoms. The van der Waals surface area contributed by atoms with Gasteiger partial charge in [0.1, 0.15) is 11.6 Å². The highest BCUT2D eigenvalue weighted by Gasteiger charge is 2.39. The first-order chi connectivity index (χ1) is 17.3. The highest BCUT2D eigenvalue weighted by Crippen LogP contribution is 2.31. The van der Waals surface area contributed by atoms with Crippen molar-refractivity contribution in [2.45, 2.75) is 24.1 Å². The lowest BCUT2D eigenvalue weighted by atomic mass is 10.1. The summed E-state index contributed by atoms with van der Waals surface area (Å²) in [5.41, 5.74) is 0.0230. The molecule has 0 saturated carbocycles. The fraction of sp³-hybridized carbons (Fsp3) is 0.333. The Kier molecular flexibility index (Phi) is 6.93. The number of rotatable bonds is 5. The van der Waals surface area contributed by atoms with Crippen molar-refractivity contribution < 1.29 is 35.5 Å². The number of halogens is 4. The van der Waals surface area contributed by atoms with Crippen molar-refractivity contribution >= 4 is 32.3 Å². The van der Waals surface area contributed by atoms with E-state index in [2.05, 4.69) is 4.98 Å². The molecule has 0 aliphatic carbocycles. The number of pyridine rings is 1. The molecule has 0 bridgehead atoms. The molecule has 37 heavy (non-hydrogen) atoms. The van der Waals surface area contributed by atoms with E-state index in [-0.39, 0.29) is 53.1 Å². The lowest BCUT2D eigenvalue weighted by molar-refractivity contribution is -0.189. The molecule has 2 aromatic carbocycles. The van der Waals surface area contributed by atoms with E-state index in [9.17, 15) is 35.6 Å². The summed E-state index contributed by atoms with van der Waals surface area (Å²) in [7, 11) is -3.76. The second-order valence-corrected chi connectivity index (χ2v) is 10.7. The van der Waals surface area contributed by atoms with Gasteiger partial charge in [-0.05, 0) is 37.3 Å². The number of carbonyl (C=O) groups excluding carboxylic acids is 1. The third kappa shape index (κ3) is 5.55. The van der Waals surface area contributed by atoms with Gasteiger partial charge < -0.3 is 19.5 Å². The quantitative estimate of drug-likeness (QED) is 0.498. The standard InChI is InChI=1S/C24H23F4N3O5S/c1-14(24(26,27)28)36-22-4-3-15(37(2,34)35)11-17(22)23(33)31-9-7-30(8-10-31)20-13-19-16(12-18(20)25)21(32)5-6-29-19/h3-6,11-14H,7-10H2,1-2H3,(H,29,32)/t14-/m0/s1. The molecular formula is C24H23F4N3O5S. The topological polar surface area (TPSA) is 99.8 Å². The molecule has 1 aliphatic rings. The first kappa shape index (κ1) is 26.5. The molecule has 1 N–H and O–H groups in total. The molecule has 1 atom stereocenters. The minimum Gasteiger partial charge on any atom is -0.480 e. The van der Waals surface area contributed by atoms with Crippen molar-refractivity contribution in [2.24, 2.45) is 0 Å². The predicted molar refractivity (Wildman–Crippen MR) is 128 cm³/mol. The van der Waals surface area contributed by atoms with E-state index in [1.165, 1.54) is 23.2 Å². The molecule has 1 fully saturated rings. The first-order valence-corrected chi connectivity index (χ1v) is 13.1. The van der Waals surface area contributed by atoms with Gasteiger partial charge in [-0.15, -0.1) is 0 Å². The van der Waals surface area contributed by atoms with Gasteiger partial charge in [0.15, 0.2) is 21.4 Å². The maximum Gasteiger partial charge on any atom is 0.425 e. The van der Waals surface area contributed by atoms with Gasteiger partial charge in [-0.1, -0.05) is 0 Å². The van der Waals surface area contributed by atoms with Crippen LogP contribution in [0.25, 0.3) is 10.9 Å². The van der Waals surface area contributed by atoms with Crippen molar-refractivity contribution in [3.63, 3.8) is 0 Å². The lowest BCUT2D eigenvalue weighted by Gasteiger charge is -2.36. The number of fused-ring (bicyclic) bond motifs is 1. The summed E-state index contributed by atoms with van der Waals surface area (Å²) in [6.07, 6.45) is -4.57. The zero-order valence-electron chi connectivity index (χ0n) is 19.8. The molecule has 1 aromatic heterocycles. The number of piperazine rings is 1. The van der Waals surface area contributed by atoms with Crippen molar-refractivity contribution in [1.29, 1.82) is 0 Å². The van der Waals surface area contributed by atoms with Crippen LogP contribution in [0.5, 0.6) is 5.75 Å². The lowest BCUT2D eigenvalue weighted by Crippen LogP contribution is -2.49. The average molecular weight is 542 g/mol. The van der Waals surface area contributed by atoms with Gasteiger partial charge >= 0.3 is 6.18 Å². The first-order valence-electron chi connectivity index (χ1n) is 11.2. The molecule has 1 amide bonds. The van der Waals surface area contributed by atoms with Crippen LogP contribution < -0.4 is 15.1 Å². The molecule has 2 heterocycles. The number of aromatic nitrogens is 1. The van der Waals surface area contributed by atoms with E-state index in [0.717, 1.165) is 37.4 Å². The summed E-state index contributed by atoms with van der Waals surface area (Å²) >= 11 is 0. The normalized spacial score (nSPS) is 15.6. The van der Waals surface area contributed by atoms with Crippen LogP contribution in [0.1, 0.15) is 17.3 Å². The number of alkyl halides is 3. The maximum absolute atomic E-state index is 14.8. The van der Waals surface area contributed by atoms with Crippen molar-refractivity contribution in [3.05, 3.63) is 64.2 Å². The van der Waals surface area contributed by atoms with E-state index in [4.69, 9.17) is 4.74 Å². The Hall–Kier alpha value is -3.61. The highest BCUT2D eigenvalue weighted by atomic mass is 32.2. The Balaban J connectivity index is 1.58. The largest absolute Gasteiger partial charge is 0.480 e. The number of benzene rings is 2. The van der Waals surface area contributed by atoms with Crippen LogP contribution in [0.15, 0.2) is 52.3 Å². The van der Waals surface area contributed by atoms with Crippen LogP contribution in [0, 0.1) is 5.82 Å². The number of nitrogens with zero attached hydrogens (tertiary/aromatic N) is 2. The van der Waals surface area contributed by atoms with Gasteiger partial charge in [0, 0.05) is 50.1 Å². The van der Waals surface area contributed by atoms with Gasteiger partial charge in [-0.25, -0.2) is 12.8 Å². The average Bonchev–Trinajstić information content (AvgIpc) is 2.83. The number of carbonyl (C=O) groups is 1. The van der Waals surface area contributed by atoms with Crippen LogP contribution >= 0.6 is 0 Å². The Morgan fingerprint density at radius 2 is 1.76 bits per heavy atom. The molecule has 13 heteroatoms. The van der Waals surface area contributed by atoms with Crippen LogP contribution in [-0.4, -0.2) is 68.9 Å². The summed E-state index contributed by atoms with van der Waals surface area (Å²) in [5, 5.41) is 0.198. The van der Waals surface area contributed by atoms with Gasteiger partial charge in [0.05, 0.1) is 21.7 Å². The van der Waals surface area contributed by atoms with Crippen LogP contribution in [-0.2, 0) is 9.84 Å². The van der Waals surface area contributed by atoms with Crippen LogP contribution in [0.3, 0.4) is 0 Å². The molecule has 1 aliphatic heterocycles. The molecule has 198 valence electrons. The number of H-pyrrole nitrogens is 1. The summed E-state index contributed by atoms with van der Waals surface area (Å²) < 4.78 is 83.0. The summed E-state index contributed by atoms with van der Waals surface area (Å²) in [6.45, 7) is 1.32. The number of hydrogen-bond acceptors (Lipinski definition) is 6. The molecule has 8 nitrogen and oxygen atoms in total. The number of nitrogens with one attached hydrogen (secondary N) is 1. The van der Waals surface area contributed by atoms with Gasteiger partial charge in [-0.3, -0.25) is 9.59 Å². The van der Waals surface area contributed by atoms with Crippen LogP contribution in [0.4, 0.5) is 23.2 Å². The van der Waals surface area contributed by atoms with Gasteiger partial charge in [-0.2, -0.15) is 13.2 Å². The fourth-order valence-electron chi connectivity index (χ4n) is 4.01. The third-order valence-electron chi connectivity index (χ3n) is 6.11. The summed E-state index contributed by atoms with van der Waals surface area (Å²) in [6, 6.07) is 7.05. The predicted octanol–water partition coefficient (Wildman–Crippen LogP) is 3.36. The fourth-order valence-corrected chi connectivity index (χ4v) is 4.66. The zero-order chi connectivity index (χ0) is 27.1. The second kappa shape index (κ2) is 9.69. The van der Waals surface area contributed by atoms with Crippen molar-refractivity contribution in [1.82, 2.24) is 9.88 Å². The summed E-state index contributed by atoms with van der Waals surface area (Å²) in [4.78, 5) is 30.9. The van der Waals surface area contributed by atoms with E-state index < -0.39 is 39.6 Å². The Bertz CT molecular complexity index is 1510. The molecule has 1 saturated heterocycles. The molecule has 0 unspecified atom stereocenters. The van der Waals surface area contributed by atoms with E-state index in [1.807, 2.05) is 0 Å². The number of sulfone groups is 1. The highest BCUT2D eigenvalue weighted by molar-refractivity contribution is 7.90. The summed E-state index contributed by atoms with van der Waals surface area (Å²) in [5.74, 6) is -1.71. The van der Waals surface area contributed by atoms with E-state index in [0.29, 0.717) is 5.52 Å². The van der Waals surface area contributed by atoms with Gasteiger partial charge in [0.2, 0.25) is 0 Å². The second-order valence-electron chi connectivity index (χ2n) is 8.70. The van der Waals surface area contributed by atoms with Crippen molar-refractivity contribution in [2.75, 3.05) is 37.3 Å². The number of amides is 1. The van der Waals surface area contributed by atoms with E-state index in [1.54, 1.807) is 4.90 Å². The molecule has 3 aromatic rings. The molecular weight excluding hydrogens is 518 g/mol. The van der Waals surface area contributed by atoms with Gasteiger partial charge in [0.25, 0.3) is 5.91 Å². The minimum atomic E-state index is -4.70. The molecule has 4 rings (SSSR count). The minimum absolute atomic E-state index is 0.0823. The monoisotopic (exact) mass is 541 g/mol. The number of ether oxygens (including phenoxy) is 1. The number of aromatic amines is 1. The Morgan fingerprint density at radius 3 is 2.38 bits per heavy atom. The number of hydrogen-bond donors (Lipinski definition) is 1. The SMILES string of the molecule is C[C@H](Oc1ccc(S(C)(=O)=O)cc1C(=O)N1CCN(c2cc3[nH]ccc(=O)c3cc2F)CC1)C(F)(F)F. The Labute approximate surface area is 209 Å². The Morgan fingerprint density at radius 1 is 1.08 bits per heavy atom.